The zero-order valence-electron chi connectivity index (χ0n) is 16.1. The van der Waals surface area contributed by atoms with E-state index in [2.05, 4.69) is 0 Å². The number of alkyl halides is 20. The lowest BCUT2D eigenvalue weighted by atomic mass is 9.87. The van der Waals surface area contributed by atoms with E-state index in [1.165, 1.54) is 0 Å². The average molecular weight is 626 g/mol. The first-order chi connectivity index (χ1) is 15.6. The number of hydrogen-bond donors (Lipinski definition) is 1. The molecule has 0 bridgehead atoms. The first-order valence-electron chi connectivity index (χ1n) is 8.00. The van der Waals surface area contributed by atoms with E-state index in [0.717, 1.165) is 0 Å². The van der Waals surface area contributed by atoms with Crippen LogP contribution in [0.25, 0.3) is 0 Å². The van der Waals surface area contributed by atoms with Gasteiger partial charge in [-0.25, -0.2) is 4.39 Å². The van der Waals surface area contributed by atoms with Crippen LogP contribution in [0.3, 0.4) is 0 Å². The molecule has 0 aromatic rings. The van der Waals surface area contributed by atoms with E-state index in [-0.39, 0.29) is 0 Å². The van der Waals surface area contributed by atoms with E-state index in [1.807, 2.05) is 0 Å². The standard InChI is InChI=1S/C12H6F20O4S/c13-3(1-2-4(14,15)16)5(17,18)6(19,20)7(21,22)8(23,24)9(25,26)10(27,28)11(29,30)12(31,32)36-37(33,34)35/h3H,1-2H2,(H,33,34,35). The van der Waals surface area contributed by atoms with Crippen molar-refractivity contribution in [2.45, 2.75) is 72.8 Å². The zero-order chi connectivity index (χ0) is 30.7. The molecular formula is C12H6F20O4S. The summed E-state index contributed by atoms with van der Waals surface area (Å²) in [6, 6.07) is 0. The summed E-state index contributed by atoms with van der Waals surface area (Å²) in [6.45, 7) is 0. The van der Waals surface area contributed by atoms with E-state index < -0.39 is 83.2 Å². The maximum absolute atomic E-state index is 13.5. The molecule has 0 aromatic carbocycles. The minimum atomic E-state index is -9.03. The smallest absolute Gasteiger partial charge is 0.263 e. The Hall–Kier alpha value is -1.53. The Labute approximate surface area is 189 Å². The van der Waals surface area contributed by atoms with Gasteiger partial charge in [-0.1, -0.05) is 0 Å². The van der Waals surface area contributed by atoms with E-state index >= 15 is 0 Å². The summed E-state index contributed by atoms with van der Waals surface area (Å²) >= 11 is 0. The van der Waals surface area contributed by atoms with Crippen LogP contribution in [-0.2, 0) is 14.6 Å². The first-order valence-corrected chi connectivity index (χ1v) is 9.36. The summed E-state index contributed by atoms with van der Waals surface area (Å²) in [7, 11) is -7.09. The second kappa shape index (κ2) is 9.29. The second-order valence-corrected chi connectivity index (χ2v) is 7.74. The fourth-order valence-electron chi connectivity index (χ4n) is 2.03. The summed E-state index contributed by atoms with van der Waals surface area (Å²) in [6.07, 6.45) is -24.6. The van der Waals surface area contributed by atoms with Gasteiger partial charge in [0, 0.05) is 6.42 Å². The van der Waals surface area contributed by atoms with Crippen molar-refractivity contribution in [1.82, 2.24) is 0 Å². The van der Waals surface area contributed by atoms with Crippen LogP contribution in [0.4, 0.5) is 87.8 Å². The number of hydrogen-bond acceptors (Lipinski definition) is 3. The van der Waals surface area contributed by atoms with Crippen LogP contribution in [0, 0.1) is 0 Å². The summed E-state index contributed by atoms with van der Waals surface area (Å²) in [5.41, 5.74) is 0. The molecule has 4 nitrogen and oxygen atoms in total. The molecule has 1 atom stereocenters. The molecule has 0 aliphatic rings. The molecule has 0 spiro atoms. The van der Waals surface area contributed by atoms with Gasteiger partial charge >= 0.3 is 64.1 Å². The van der Waals surface area contributed by atoms with Crippen LogP contribution >= 0.6 is 0 Å². The Kier molecular flexibility index (Phi) is 8.91. The quantitative estimate of drug-likeness (QED) is 0.198. The summed E-state index contributed by atoms with van der Waals surface area (Å²) in [4.78, 5) is 0. The Morgan fingerprint density at radius 1 is 0.568 bits per heavy atom. The largest absolute Gasteiger partial charge is 0.441 e. The highest BCUT2D eigenvalue weighted by molar-refractivity contribution is 7.80. The van der Waals surface area contributed by atoms with Crippen LogP contribution in [0.1, 0.15) is 12.8 Å². The topological polar surface area (TPSA) is 63.6 Å². The Morgan fingerprint density at radius 2 is 0.865 bits per heavy atom. The third-order valence-electron chi connectivity index (χ3n) is 4.04. The molecule has 0 saturated carbocycles. The normalized spacial score (nSPS) is 17.2. The van der Waals surface area contributed by atoms with Gasteiger partial charge in [-0.15, -0.1) is 0 Å². The highest BCUT2D eigenvalue weighted by Gasteiger charge is 2.95. The first kappa shape index (κ1) is 35.5. The molecule has 25 heteroatoms. The molecule has 0 fully saturated rings. The van der Waals surface area contributed by atoms with Gasteiger partial charge in [0.25, 0.3) is 0 Å². The molecule has 0 radical (unpaired) electrons. The van der Waals surface area contributed by atoms with Crippen molar-refractivity contribution in [1.29, 1.82) is 0 Å². The van der Waals surface area contributed by atoms with Crippen molar-refractivity contribution < 1.29 is 105 Å². The fraction of sp³-hybridized carbons (Fsp3) is 1.00. The third kappa shape index (κ3) is 5.75. The fourth-order valence-corrected chi connectivity index (χ4v) is 2.40. The predicted octanol–water partition coefficient (Wildman–Crippen LogP) is 6.53. The Balaban J connectivity index is 6.77. The van der Waals surface area contributed by atoms with Crippen LogP contribution in [0.2, 0.25) is 0 Å². The molecule has 0 aliphatic carbocycles. The number of halogens is 20. The summed E-state index contributed by atoms with van der Waals surface area (Å²) in [5, 5.41) is 0. The molecule has 0 heterocycles. The second-order valence-electron chi connectivity index (χ2n) is 6.72. The molecule has 0 aromatic heterocycles. The van der Waals surface area contributed by atoms with E-state index in [4.69, 9.17) is 4.55 Å². The minimum Gasteiger partial charge on any atom is -0.263 e. The van der Waals surface area contributed by atoms with Gasteiger partial charge in [0.1, 0.15) is 0 Å². The molecule has 0 aliphatic heterocycles. The van der Waals surface area contributed by atoms with E-state index in [0.29, 0.717) is 0 Å². The van der Waals surface area contributed by atoms with Gasteiger partial charge in [0.05, 0.1) is 0 Å². The molecule has 224 valence electrons. The van der Waals surface area contributed by atoms with Crippen molar-refractivity contribution in [3.8, 4) is 0 Å². The lowest BCUT2D eigenvalue weighted by molar-refractivity contribution is -0.467. The van der Waals surface area contributed by atoms with Crippen LogP contribution < -0.4 is 0 Å². The van der Waals surface area contributed by atoms with Gasteiger partial charge < -0.3 is 0 Å². The van der Waals surface area contributed by atoms with Crippen LogP contribution in [0.15, 0.2) is 0 Å². The lowest BCUT2D eigenvalue weighted by Gasteiger charge is -2.43. The van der Waals surface area contributed by atoms with Crippen molar-refractivity contribution in [3.63, 3.8) is 0 Å². The molecule has 1 N–H and O–H groups in total. The molecule has 0 rings (SSSR count). The van der Waals surface area contributed by atoms with Gasteiger partial charge in [-0.05, 0) is 6.42 Å². The van der Waals surface area contributed by atoms with Crippen LogP contribution in [0.5, 0.6) is 0 Å². The Morgan fingerprint density at radius 3 is 1.16 bits per heavy atom. The van der Waals surface area contributed by atoms with Crippen molar-refractivity contribution in [2.24, 2.45) is 0 Å². The average Bonchev–Trinajstić information content (AvgIpc) is 2.62. The van der Waals surface area contributed by atoms with Crippen LogP contribution in [-0.4, -0.2) is 72.9 Å². The SMILES string of the molecule is O=S(=O)(O)OC(F)(F)C(F)(F)C(F)(F)C(F)(F)C(F)(F)C(F)(F)C(F)(F)C(F)(F)C(F)CCC(F)(F)F. The van der Waals surface area contributed by atoms with Gasteiger partial charge in [-0.2, -0.15) is 96.0 Å². The van der Waals surface area contributed by atoms with Gasteiger partial charge in [0.2, 0.25) is 0 Å². The highest BCUT2D eigenvalue weighted by atomic mass is 32.3. The maximum atomic E-state index is 13.5. The third-order valence-corrected chi connectivity index (χ3v) is 4.46. The van der Waals surface area contributed by atoms with Gasteiger partial charge in [-0.3, -0.25) is 4.55 Å². The highest BCUT2D eigenvalue weighted by Crippen LogP contribution is 2.64. The monoisotopic (exact) mass is 626 g/mol. The molecule has 37 heavy (non-hydrogen) atoms. The van der Waals surface area contributed by atoms with E-state index in [9.17, 15) is 96.2 Å². The van der Waals surface area contributed by atoms with Crippen molar-refractivity contribution in [3.05, 3.63) is 0 Å². The zero-order valence-corrected chi connectivity index (χ0v) is 16.9. The number of rotatable bonds is 12. The lowest BCUT2D eigenvalue weighted by Crippen LogP contribution is -2.75. The van der Waals surface area contributed by atoms with Crippen molar-refractivity contribution >= 4 is 10.4 Å². The van der Waals surface area contributed by atoms with E-state index in [1.54, 1.807) is 4.18 Å². The maximum Gasteiger partial charge on any atom is 0.441 e. The minimum absolute atomic E-state index is 1.57. The Bertz CT molecular complexity index is 922. The summed E-state index contributed by atoms with van der Waals surface area (Å²) in [5.74, 6) is -60.3. The molecule has 1 unspecified atom stereocenters. The van der Waals surface area contributed by atoms with Gasteiger partial charge in [0.15, 0.2) is 6.17 Å². The molecular weight excluding hydrogens is 620 g/mol. The van der Waals surface area contributed by atoms with Crippen molar-refractivity contribution in [2.75, 3.05) is 0 Å². The molecule has 0 saturated heterocycles. The molecule has 0 amide bonds. The summed E-state index contributed by atoms with van der Waals surface area (Å²) < 4.78 is 292. The predicted molar refractivity (Wildman–Crippen MR) is 72.4 cm³/mol.